The van der Waals surface area contributed by atoms with Crippen molar-refractivity contribution in [2.24, 2.45) is 10.9 Å². The van der Waals surface area contributed by atoms with E-state index in [1.54, 1.807) is 7.05 Å². The lowest BCUT2D eigenvalue weighted by Crippen LogP contribution is -2.25. The van der Waals surface area contributed by atoms with E-state index in [0.717, 1.165) is 72.3 Å². The van der Waals surface area contributed by atoms with Crippen LogP contribution < -0.4 is 5.32 Å². The average molecular weight is 474 g/mol. The zero-order chi connectivity index (χ0) is 25.2. The zero-order valence-corrected chi connectivity index (χ0v) is 21.5. The summed E-state index contributed by atoms with van der Waals surface area (Å²) in [6, 6.07) is 8.23. The van der Waals surface area contributed by atoms with Crippen LogP contribution in [0.5, 0.6) is 0 Å². The highest BCUT2D eigenvalue weighted by Gasteiger charge is 2.21. The largest absolute Gasteiger partial charge is 0.393 e. The first-order valence-electron chi connectivity index (χ1n) is 12.5. The van der Waals surface area contributed by atoms with E-state index in [1.807, 2.05) is 55.8 Å². The van der Waals surface area contributed by atoms with Gasteiger partial charge < -0.3 is 15.3 Å². The van der Waals surface area contributed by atoms with Crippen molar-refractivity contribution in [1.29, 1.82) is 0 Å². The molecule has 1 aromatic carbocycles. The van der Waals surface area contributed by atoms with Crippen LogP contribution in [0.2, 0.25) is 0 Å². The molecule has 2 aromatic rings. The highest BCUT2D eigenvalue weighted by atomic mass is 16.3. The third kappa shape index (κ3) is 7.36. The van der Waals surface area contributed by atoms with Gasteiger partial charge in [-0.2, -0.15) is 0 Å². The van der Waals surface area contributed by atoms with E-state index in [-0.39, 0.29) is 6.10 Å². The Morgan fingerprint density at radius 1 is 1.29 bits per heavy atom. The lowest BCUT2D eigenvalue weighted by molar-refractivity contribution is 0.104. The molecule has 2 unspecified atom stereocenters. The Bertz CT molecular complexity index is 1090. The van der Waals surface area contributed by atoms with Crippen molar-refractivity contribution in [1.82, 2.24) is 14.9 Å². The smallest absolute Gasteiger partial charge is 0.161 e. The molecule has 1 heterocycles. The maximum Gasteiger partial charge on any atom is 0.161 e. The molecule has 1 aliphatic carbocycles. The van der Waals surface area contributed by atoms with Gasteiger partial charge in [-0.25, -0.2) is 9.97 Å². The molecule has 1 aromatic heterocycles. The zero-order valence-electron chi connectivity index (χ0n) is 21.5. The van der Waals surface area contributed by atoms with Gasteiger partial charge in [-0.05, 0) is 48.8 Å². The summed E-state index contributed by atoms with van der Waals surface area (Å²) in [6.07, 6.45) is 14.4. The van der Waals surface area contributed by atoms with Gasteiger partial charge in [-0.1, -0.05) is 50.3 Å². The number of aliphatic imine (C=N–C) groups is 1. The van der Waals surface area contributed by atoms with Crippen molar-refractivity contribution >= 4 is 23.2 Å². The predicted molar refractivity (Wildman–Crippen MR) is 148 cm³/mol. The minimum atomic E-state index is -0.198. The van der Waals surface area contributed by atoms with Crippen molar-refractivity contribution in [2.75, 3.05) is 33.0 Å². The second kappa shape index (κ2) is 13.0. The van der Waals surface area contributed by atoms with Gasteiger partial charge in [0.1, 0.15) is 5.82 Å². The van der Waals surface area contributed by atoms with Crippen LogP contribution in [0.25, 0.3) is 22.5 Å². The van der Waals surface area contributed by atoms with E-state index in [9.17, 15) is 5.11 Å². The highest BCUT2D eigenvalue weighted by Crippen LogP contribution is 2.29. The molecule has 0 bridgehead atoms. The molecule has 0 aliphatic heterocycles. The van der Waals surface area contributed by atoms with Gasteiger partial charge in [-0.15, -0.1) is 0 Å². The number of rotatable bonds is 10. The summed E-state index contributed by atoms with van der Waals surface area (Å²) in [5.74, 6) is 1.89. The quantitative estimate of drug-likeness (QED) is 0.343. The summed E-state index contributed by atoms with van der Waals surface area (Å²) in [5, 5.41) is 13.7. The van der Waals surface area contributed by atoms with Gasteiger partial charge >= 0.3 is 0 Å². The number of aliphatic hydroxyl groups is 1. The molecule has 0 spiro atoms. The number of hydrogen-bond acceptors (Lipinski definition) is 6. The van der Waals surface area contributed by atoms with E-state index in [4.69, 9.17) is 9.97 Å². The third-order valence-electron chi connectivity index (χ3n) is 6.18. The SMILES string of the molecule is C=C/C(=C\N(C)C)c1cccc(-c2ncc(/C(C=NC)=C/CC)c(NCC3CCCC(O)C3)n2)c1. The maximum atomic E-state index is 10.1. The molecule has 0 radical (unpaired) electrons. The van der Waals surface area contributed by atoms with Crippen molar-refractivity contribution in [2.45, 2.75) is 45.1 Å². The van der Waals surface area contributed by atoms with Gasteiger partial charge in [-0.3, -0.25) is 4.99 Å². The molecular weight excluding hydrogens is 434 g/mol. The lowest BCUT2D eigenvalue weighted by atomic mass is 9.87. The molecule has 0 amide bonds. The molecule has 0 saturated heterocycles. The van der Waals surface area contributed by atoms with Gasteiger partial charge in [0.25, 0.3) is 0 Å². The first-order valence-corrected chi connectivity index (χ1v) is 12.5. The Hall–Kier alpha value is -3.25. The number of nitrogens with one attached hydrogen (secondary N) is 1. The van der Waals surface area contributed by atoms with Crippen molar-refractivity contribution in [3.63, 3.8) is 0 Å². The molecule has 1 aliphatic rings. The molecule has 2 N–H and O–H groups in total. The number of hydrogen-bond donors (Lipinski definition) is 2. The molecule has 186 valence electrons. The molecular formula is C29H39N5O. The fraction of sp³-hybridized carbons (Fsp3) is 0.414. The Morgan fingerprint density at radius 3 is 2.80 bits per heavy atom. The molecule has 6 heteroatoms. The number of anilines is 1. The van der Waals surface area contributed by atoms with E-state index in [0.29, 0.717) is 11.7 Å². The number of aliphatic hydroxyl groups excluding tert-OH is 1. The maximum absolute atomic E-state index is 10.1. The average Bonchev–Trinajstić information content (AvgIpc) is 2.86. The van der Waals surface area contributed by atoms with Crippen LogP contribution in [0.1, 0.15) is 50.2 Å². The van der Waals surface area contributed by atoms with E-state index in [1.165, 1.54) is 0 Å². The number of nitrogens with zero attached hydrogens (tertiary/aromatic N) is 4. The Morgan fingerprint density at radius 2 is 2.11 bits per heavy atom. The summed E-state index contributed by atoms with van der Waals surface area (Å²) in [6.45, 7) is 6.86. The first kappa shape index (κ1) is 26.4. The van der Waals surface area contributed by atoms with Crippen molar-refractivity contribution < 1.29 is 5.11 Å². The Balaban J connectivity index is 1.99. The summed E-state index contributed by atoms with van der Waals surface area (Å²) in [4.78, 5) is 16.0. The van der Waals surface area contributed by atoms with Crippen molar-refractivity contribution in [3.05, 3.63) is 66.5 Å². The van der Waals surface area contributed by atoms with E-state index < -0.39 is 0 Å². The lowest BCUT2D eigenvalue weighted by Gasteiger charge is -2.26. The minimum Gasteiger partial charge on any atom is -0.393 e. The van der Waals surface area contributed by atoms with Crippen LogP contribution in [0, 0.1) is 5.92 Å². The van der Waals surface area contributed by atoms with E-state index in [2.05, 4.69) is 42.0 Å². The minimum absolute atomic E-state index is 0.198. The Kier molecular flexibility index (Phi) is 9.79. The summed E-state index contributed by atoms with van der Waals surface area (Å²) >= 11 is 0. The summed E-state index contributed by atoms with van der Waals surface area (Å²) in [5.41, 5.74) is 4.99. The monoisotopic (exact) mass is 473 g/mol. The fourth-order valence-corrected chi connectivity index (χ4v) is 4.51. The molecule has 1 saturated carbocycles. The number of aromatic nitrogens is 2. The molecule has 3 rings (SSSR count). The van der Waals surface area contributed by atoms with Crippen LogP contribution in [-0.4, -0.2) is 60.0 Å². The molecule has 2 atom stereocenters. The van der Waals surface area contributed by atoms with Crippen LogP contribution in [-0.2, 0) is 0 Å². The topological polar surface area (TPSA) is 73.6 Å². The number of allylic oxidation sites excluding steroid dienone is 4. The fourth-order valence-electron chi connectivity index (χ4n) is 4.51. The van der Waals surface area contributed by atoms with E-state index >= 15 is 0 Å². The summed E-state index contributed by atoms with van der Waals surface area (Å²) < 4.78 is 0. The van der Waals surface area contributed by atoms with Crippen LogP contribution in [0.4, 0.5) is 5.82 Å². The van der Waals surface area contributed by atoms with Gasteiger partial charge in [0.2, 0.25) is 0 Å². The Labute approximate surface area is 210 Å². The van der Waals surface area contributed by atoms with Gasteiger partial charge in [0.15, 0.2) is 5.82 Å². The van der Waals surface area contributed by atoms with Crippen LogP contribution >= 0.6 is 0 Å². The summed E-state index contributed by atoms with van der Waals surface area (Å²) in [7, 11) is 5.78. The van der Waals surface area contributed by atoms with Crippen LogP contribution in [0.3, 0.4) is 0 Å². The second-order valence-corrected chi connectivity index (χ2v) is 9.31. The van der Waals surface area contributed by atoms with Gasteiger partial charge in [0.05, 0.1) is 6.10 Å². The van der Waals surface area contributed by atoms with Crippen LogP contribution in [0.15, 0.2) is 60.4 Å². The number of benzene rings is 1. The first-order chi connectivity index (χ1) is 16.9. The molecule has 6 nitrogen and oxygen atoms in total. The predicted octanol–water partition coefficient (Wildman–Crippen LogP) is 5.69. The highest BCUT2D eigenvalue weighted by molar-refractivity contribution is 6.11. The third-order valence-corrected chi connectivity index (χ3v) is 6.18. The second-order valence-electron chi connectivity index (χ2n) is 9.31. The van der Waals surface area contributed by atoms with Gasteiger partial charge in [0, 0.05) is 63.0 Å². The standard InChI is InChI=1S/C29H39N5O/c1-6-10-25(18-30-3)27-19-32-28(33-29(27)31-17-21-11-8-14-26(35)15-21)24-13-9-12-23(16-24)22(7-2)20-34(4)5/h7,9-10,12-13,16,18-21,26,35H,2,6,8,11,14-15,17H2,1,3-5H3,(H,31,32,33)/b22-20+,25-10+,30-18?. The molecule has 1 fully saturated rings. The normalized spacial score (nSPS) is 19.1. The molecule has 35 heavy (non-hydrogen) atoms. The van der Waals surface area contributed by atoms with Crippen molar-refractivity contribution in [3.8, 4) is 11.4 Å².